The van der Waals surface area contributed by atoms with Crippen molar-refractivity contribution >= 4 is 49.7 Å². The lowest BCUT2D eigenvalue weighted by Gasteiger charge is -2.12. The summed E-state index contributed by atoms with van der Waals surface area (Å²) in [4.78, 5) is 11.1. The molecular formula is C16H13ClN4O4S2. The summed E-state index contributed by atoms with van der Waals surface area (Å²) in [5.41, 5.74) is 0.141. The van der Waals surface area contributed by atoms with Crippen molar-refractivity contribution in [1.82, 2.24) is 10.2 Å². The lowest BCUT2D eigenvalue weighted by molar-refractivity contribution is -0.114. The molecule has 0 aliphatic rings. The van der Waals surface area contributed by atoms with Gasteiger partial charge in [0.15, 0.2) is 5.75 Å². The second-order valence-electron chi connectivity index (χ2n) is 5.22. The van der Waals surface area contributed by atoms with Crippen LogP contribution in [0.1, 0.15) is 6.92 Å². The molecule has 0 saturated carbocycles. The lowest BCUT2D eigenvalue weighted by Crippen LogP contribution is -2.13. The fraction of sp³-hybridized carbons (Fsp3) is 0.0625. The highest BCUT2D eigenvalue weighted by Gasteiger charge is 2.22. The molecule has 27 heavy (non-hydrogen) atoms. The third-order valence-electron chi connectivity index (χ3n) is 3.08. The summed E-state index contributed by atoms with van der Waals surface area (Å²) in [6.45, 7) is 1.28. The molecule has 0 spiro atoms. The van der Waals surface area contributed by atoms with Gasteiger partial charge in [-0.3, -0.25) is 9.52 Å². The smallest absolute Gasteiger partial charge is 0.291 e. The Kier molecular flexibility index (Phi) is 5.59. The van der Waals surface area contributed by atoms with E-state index in [2.05, 4.69) is 20.2 Å². The molecule has 0 saturated heterocycles. The van der Waals surface area contributed by atoms with E-state index in [-0.39, 0.29) is 26.8 Å². The summed E-state index contributed by atoms with van der Waals surface area (Å²) < 4.78 is 33.0. The van der Waals surface area contributed by atoms with E-state index in [1.807, 2.05) is 6.07 Å². The second kappa shape index (κ2) is 7.91. The highest BCUT2D eigenvalue weighted by atomic mass is 35.5. The minimum Gasteiger partial charge on any atom is -0.455 e. The van der Waals surface area contributed by atoms with Gasteiger partial charge in [0.2, 0.25) is 11.0 Å². The van der Waals surface area contributed by atoms with Gasteiger partial charge in [0.1, 0.15) is 5.75 Å². The van der Waals surface area contributed by atoms with Crippen molar-refractivity contribution in [3.05, 3.63) is 53.6 Å². The first-order valence-electron chi connectivity index (χ1n) is 7.50. The number of sulfonamides is 1. The molecule has 1 heterocycles. The Hall–Kier alpha value is -2.69. The molecule has 140 valence electrons. The number of nitrogens with zero attached hydrogens (tertiary/aromatic N) is 2. The van der Waals surface area contributed by atoms with Gasteiger partial charge in [-0.05, 0) is 30.3 Å². The van der Waals surface area contributed by atoms with Crippen molar-refractivity contribution in [1.29, 1.82) is 0 Å². The molecule has 3 rings (SSSR count). The van der Waals surface area contributed by atoms with Gasteiger partial charge in [0.05, 0.1) is 5.69 Å². The van der Waals surface area contributed by atoms with Crippen LogP contribution in [0, 0.1) is 0 Å². The Labute approximate surface area is 164 Å². The number of ether oxygens (including phenoxy) is 1. The molecule has 8 nitrogen and oxygen atoms in total. The van der Waals surface area contributed by atoms with Crippen molar-refractivity contribution < 1.29 is 17.9 Å². The van der Waals surface area contributed by atoms with E-state index >= 15 is 0 Å². The Bertz CT molecular complexity index is 1070. The number of aromatic nitrogens is 2. The van der Waals surface area contributed by atoms with Crippen molar-refractivity contribution in [2.75, 3.05) is 10.0 Å². The maximum Gasteiger partial charge on any atom is 0.291 e. The first-order valence-corrected chi connectivity index (χ1v) is 10.2. The number of anilines is 2. The van der Waals surface area contributed by atoms with E-state index in [1.54, 1.807) is 36.4 Å². The van der Waals surface area contributed by atoms with Crippen molar-refractivity contribution in [2.24, 2.45) is 0 Å². The van der Waals surface area contributed by atoms with E-state index in [0.29, 0.717) is 10.8 Å². The highest BCUT2D eigenvalue weighted by Crippen LogP contribution is 2.34. The van der Waals surface area contributed by atoms with E-state index in [9.17, 15) is 13.2 Å². The van der Waals surface area contributed by atoms with Gasteiger partial charge in [-0.1, -0.05) is 41.1 Å². The maximum atomic E-state index is 12.6. The molecule has 2 aromatic carbocycles. The zero-order valence-corrected chi connectivity index (χ0v) is 16.2. The first-order chi connectivity index (χ1) is 12.8. The largest absolute Gasteiger partial charge is 0.455 e. The standard InChI is InChI=1S/C16H13ClN4O4S2/c1-10(22)18-15-19-20-16(26-15)27(23,24)21-13-9-11(17)7-8-14(13)25-12-5-3-2-4-6-12/h2-9,21H,1H3,(H,18,19,22). The number of nitrogens with one attached hydrogen (secondary N) is 2. The van der Waals surface area contributed by atoms with Gasteiger partial charge in [-0.2, -0.15) is 8.42 Å². The number of para-hydroxylation sites is 1. The van der Waals surface area contributed by atoms with Gasteiger partial charge >= 0.3 is 0 Å². The summed E-state index contributed by atoms with van der Waals surface area (Å²) in [5, 5.41) is 10.0. The fourth-order valence-corrected chi connectivity index (χ4v) is 4.18. The number of benzene rings is 2. The van der Waals surface area contributed by atoms with E-state index in [0.717, 1.165) is 11.3 Å². The molecule has 11 heteroatoms. The SMILES string of the molecule is CC(=O)Nc1nnc(S(=O)(=O)Nc2cc(Cl)ccc2Oc2ccccc2)s1. The predicted molar refractivity (Wildman–Crippen MR) is 103 cm³/mol. The molecule has 0 bridgehead atoms. The van der Waals surface area contributed by atoms with Gasteiger partial charge in [0, 0.05) is 11.9 Å². The normalized spacial score (nSPS) is 11.0. The summed E-state index contributed by atoms with van der Waals surface area (Å²) >= 11 is 6.72. The van der Waals surface area contributed by atoms with Crippen LogP contribution in [-0.2, 0) is 14.8 Å². The van der Waals surface area contributed by atoms with Crippen molar-refractivity contribution in [3.63, 3.8) is 0 Å². The molecule has 0 atom stereocenters. The van der Waals surface area contributed by atoms with Crippen LogP contribution in [0.3, 0.4) is 0 Å². The lowest BCUT2D eigenvalue weighted by atomic mass is 10.3. The van der Waals surface area contributed by atoms with Crippen LogP contribution in [0.25, 0.3) is 0 Å². The fourth-order valence-electron chi connectivity index (χ4n) is 1.99. The number of carbonyl (C=O) groups is 1. The predicted octanol–water partition coefficient (Wildman–Crippen LogP) is 3.74. The van der Waals surface area contributed by atoms with Crippen molar-refractivity contribution in [2.45, 2.75) is 11.3 Å². The Morgan fingerprint density at radius 2 is 1.89 bits per heavy atom. The zero-order chi connectivity index (χ0) is 19.4. The van der Waals surface area contributed by atoms with Gasteiger partial charge in [0.25, 0.3) is 14.4 Å². The van der Waals surface area contributed by atoms with E-state index in [4.69, 9.17) is 16.3 Å². The molecule has 3 aromatic rings. The van der Waals surface area contributed by atoms with Gasteiger partial charge in [-0.15, -0.1) is 10.2 Å². The Morgan fingerprint density at radius 1 is 1.15 bits per heavy atom. The second-order valence-corrected chi connectivity index (χ2v) is 8.49. The van der Waals surface area contributed by atoms with Crippen molar-refractivity contribution in [3.8, 4) is 11.5 Å². The summed E-state index contributed by atoms with van der Waals surface area (Å²) in [6.07, 6.45) is 0. The number of carbonyl (C=O) groups excluding carboxylic acids is 1. The van der Waals surface area contributed by atoms with Gasteiger partial charge in [-0.25, -0.2) is 0 Å². The van der Waals surface area contributed by atoms with Crippen LogP contribution in [0.2, 0.25) is 5.02 Å². The first kappa shape index (κ1) is 19.1. The van der Waals surface area contributed by atoms with Gasteiger partial charge < -0.3 is 10.1 Å². The number of amides is 1. The van der Waals surface area contributed by atoms with Crippen LogP contribution in [0.15, 0.2) is 52.9 Å². The van der Waals surface area contributed by atoms with Crippen LogP contribution < -0.4 is 14.8 Å². The van der Waals surface area contributed by atoms with E-state index in [1.165, 1.54) is 13.0 Å². The summed E-state index contributed by atoms with van der Waals surface area (Å²) in [6, 6.07) is 13.4. The molecule has 0 unspecified atom stereocenters. The molecule has 0 radical (unpaired) electrons. The molecular weight excluding hydrogens is 412 g/mol. The number of halogens is 1. The molecule has 1 aromatic heterocycles. The zero-order valence-electron chi connectivity index (χ0n) is 13.8. The molecule has 0 aliphatic carbocycles. The average molecular weight is 425 g/mol. The number of hydrogen-bond acceptors (Lipinski definition) is 7. The minimum atomic E-state index is -4.05. The molecule has 1 amide bonds. The van der Waals surface area contributed by atoms with Crippen LogP contribution in [-0.4, -0.2) is 24.5 Å². The van der Waals surface area contributed by atoms with Crippen LogP contribution in [0.5, 0.6) is 11.5 Å². The molecule has 0 aliphatic heterocycles. The summed E-state index contributed by atoms with van der Waals surface area (Å²) in [7, 11) is -4.05. The van der Waals surface area contributed by atoms with E-state index < -0.39 is 10.0 Å². The maximum absolute atomic E-state index is 12.6. The third kappa shape index (κ3) is 4.94. The quantitative estimate of drug-likeness (QED) is 0.583. The Morgan fingerprint density at radius 3 is 2.59 bits per heavy atom. The average Bonchev–Trinajstić information content (AvgIpc) is 3.07. The Balaban J connectivity index is 1.88. The minimum absolute atomic E-state index is 0.0785. The monoisotopic (exact) mass is 424 g/mol. The number of hydrogen-bond donors (Lipinski definition) is 2. The molecule has 2 N–H and O–H groups in total. The highest BCUT2D eigenvalue weighted by molar-refractivity contribution is 7.94. The van der Waals surface area contributed by atoms with Crippen LogP contribution >= 0.6 is 22.9 Å². The summed E-state index contributed by atoms with van der Waals surface area (Å²) in [5.74, 6) is 0.418. The van der Waals surface area contributed by atoms with Crippen LogP contribution in [0.4, 0.5) is 10.8 Å². The topological polar surface area (TPSA) is 110 Å². The number of rotatable bonds is 6. The molecule has 0 fully saturated rings. The third-order valence-corrected chi connectivity index (χ3v) is 5.88.